The number of carbonyl (C=O) groups excluding carboxylic acids is 1. The number of alkyl halides is 1. The van der Waals surface area contributed by atoms with Crippen LogP contribution < -0.4 is 0 Å². The third kappa shape index (κ3) is 1.47. The first-order valence-corrected chi connectivity index (χ1v) is 6.42. The third-order valence-corrected chi connectivity index (χ3v) is 4.57. The molecule has 4 rings (SSSR count). The summed E-state index contributed by atoms with van der Waals surface area (Å²) >= 11 is 5.97. The Hall–Kier alpha value is -0.400. The van der Waals surface area contributed by atoms with Crippen LogP contribution in [-0.2, 0) is 19.0 Å². The number of aliphatic hydroxyl groups excluding tert-OH is 1. The molecule has 6 atom stereocenters. The molecule has 4 aliphatic rings. The Morgan fingerprint density at radius 3 is 2.83 bits per heavy atom. The van der Waals surface area contributed by atoms with Gasteiger partial charge in [0.1, 0.15) is 11.7 Å². The molecule has 1 aliphatic carbocycles. The summed E-state index contributed by atoms with van der Waals surface area (Å²) in [6.07, 6.45) is -2.06. The highest BCUT2D eigenvalue weighted by molar-refractivity contribution is 6.18. The van der Waals surface area contributed by atoms with Gasteiger partial charge in [-0.1, -0.05) is 0 Å². The number of esters is 1. The molecule has 0 aromatic carbocycles. The fourth-order valence-corrected chi connectivity index (χ4v) is 3.97. The number of carbonyl (C=O) groups is 1. The second-order valence-corrected chi connectivity index (χ2v) is 5.52. The quantitative estimate of drug-likeness (QED) is 0.535. The number of aliphatic hydroxyl groups is 2. The molecule has 4 fully saturated rings. The second kappa shape index (κ2) is 3.80. The Morgan fingerprint density at radius 1 is 1.56 bits per heavy atom. The van der Waals surface area contributed by atoms with Crippen LogP contribution in [0.4, 0.5) is 0 Å². The molecule has 0 spiro atoms. The number of ether oxygens (including phenoxy) is 3. The molecule has 0 aromatic rings. The topological polar surface area (TPSA) is 85.2 Å². The summed E-state index contributed by atoms with van der Waals surface area (Å²) in [6, 6.07) is 0. The van der Waals surface area contributed by atoms with Crippen molar-refractivity contribution < 1.29 is 29.2 Å². The lowest BCUT2D eigenvalue weighted by molar-refractivity contribution is -0.404. The maximum Gasteiger partial charge on any atom is 0.303 e. The zero-order valence-corrected chi connectivity index (χ0v) is 10.6. The fourth-order valence-electron chi connectivity index (χ4n) is 3.57. The first kappa shape index (κ1) is 12.6. The molecule has 2 N–H and O–H groups in total. The highest BCUT2D eigenvalue weighted by atomic mass is 35.5. The van der Waals surface area contributed by atoms with E-state index >= 15 is 0 Å². The van der Waals surface area contributed by atoms with Gasteiger partial charge < -0.3 is 24.4 Å². The Bertz CT molecular complexity index is 390. The zero-order chi connectivity index (χ0) is 13.1. The van der Waals surface area contributed by atoms with Crippen molar-refractivity contribution in [3.8, 4) is 0 Å². The summed E-state index contributed by atoms with van der Waals surface area (Å²) in [5.41, 5.74) is -2.22. The van der Waals surface area contributed by atoms with Gasteiger partial charge in [-0.15, -0.1) is 11.6 Å². The van der Waals surface area contributed by atoms with Crippen molar-refractivity contribution in [2.45, 2.75) is 49.7 Å². The lowest BCUT2D eigenvalue weighted by Gasteiger charge is -2.54. The zero-order valence-electron chi connectivity index (χ0n) is 9.84. The van der Waals surface area contributed by atoms with Crippen LogP contribution in [0.5, 0.6) is 0 Å². The van der Waals surface area contributed by atoms with E-state index in [0.717, 1.165) is 0 Å². The maximum absolute atomic E-state index is 11.1. The summed E-state index contributed by atoms with van der Waals surface area (Å²) < 4.78 is 16.1. The largest absolute Gasteiger partial charge is 0.459 e. The molecule has 0 amide bonds. The summed E-state index contributed by atoms with van der Waals surface area (Å²) in [7, 11) is 0. The predicted octanol–water partition coefficient (Wildman–Crippen LogP) is -0.258. The molecule has 0 aromatic heterocycles. The SMILES string of the molecule is CC(=O)O[C@@H]1C[C@]2(O)C[C@H]3O[C@@H](O)[C@@H]2[C@]1(CCl)O3. The summed E-state index contributed by atoms with van der Waals surface area (Å²) in [6.45, 7) is 1.29. The molecule has 102 valence electrons. The Kier molecular flexibility index (Phi) is 2.67. The average molecular weight is 279 g/mol. The van der Waals surface area contributed by atoms with Gasteiger partial charge in [0.2, 0.25) is 0 Å². The predicted molar refractivity (Wildman–Crippen MR) is 58.6 cm³/mol. The molecule has 3 aliphatic heterocycles. The van der Waals surface area contributed by atoms with E-state index in [9.17, 15) is 15.0 Å². The smallest absolute Gasteiger partial charge is 0.303 e. The highest BCUT2D eigenvalue weighted by Gasteiger charge is 2.73. The van der Waals surface area contributed by atoms with Crippen molar-refractivity contribution in [2.24, 2.45) is 5.92 Å². The lowest BCUT2D eigenvalue weighted by atomic mass is 9.76. The van der Waals surface area contributed by atoms with Crippen LogP contribution in [0, 0.1) is 5.92 Å². The first-order valence-electron chi connectivity index (χ1n) is 5.88. The number of hydrogen-bond donors (Lipinski definition) is 2. The number of hydrogen-bond acceptors (Lipinski definition) is 6. The Morgan fingerprint density at radius 2 is 2.28 bits per heavy atom. The van der Waals surface area contributed by atoms with Crippen molar-refractivity contribution >= 4 is 17.6 Å². The third-order valence-electron chi connectivity index (χ3n) is 4.15. The van der Waals surface area contributed by atoms with Crippen molar-refractivity contribution in [3.05, 3.63) is 0 Å². The van der Waals surface area contributed by atoms with Gasteiger partial charge in [0.25, 0.3) is 0 Å². The van der Waals surface area contributed by atoms with Crippen molar-refractivity contribution in [1.29, 1.82) is 0 Å². The molecular formula is C11H15ClO6. The number of halogens is 1. The molecule has 7 heteroatoms. The lowest BCUT2D eigenvalue weighted by Crippen LogP contribution is -2.67. The molecule has 4 bridgehead atoms. The van der Waals surface area contributed by atoms with Crippen molar-refractivity contribution in [2.75, 3.05) is 5.88 Å². The van der Waals surface area contributed by atoms with E-state index in [0.29, 0.717) is 0 Å². The minimum atomic E-state index is -1.16. The maximum atomic E-state index is 11.1. The normalized spacial score (nSPS) is 53.6. The van der Waals surface area contributed by atoms with E-state index in [2.05, 4.69) is 0 Å². The minimum Gasteiger partial charge on any atom is -0.459 e. The first-order chi connectivity index (χ1) is 8.41. The molecule has 3 saturated heterocycles. The van der Waals surface area contributed by atoms with Crippen LogP contribution in [0.1, 0.15) is 19.8 Å². The van der Waals surface area contributed by atoms with Gasteiger partial charge in [-0.3, -0.25) is 4.79 Å². The van der Waals surface area contributed by atoms with E-state index in [1.54, 1.807) is 0 Å². The van der Waals surface area contributed by atoms with Crippen LogP contribution >= 0.6 is 11.6 Å². The monoisotopic (exact) mass is 278 g/mol. The van der Waals surface area contributed by atoms with Gasteiger partial charge in [-0.2, -0.15) is 0 Å². The highest BCUT2D eigenvalue weighted by Crippen LogP contribution is 2.59. The summed E-state index contributed by atoms with van der Waals surface area (Å²) in [4.78, 5) is 11.1. The van der Waals surface area contributed by atoms with Gasteiger partial charge >= 0.3 is 5.97 Å². The van der Waals surface area contributed by atoms with Crippen LogP contribution in [-0.4, -0.2) is 51.9 Å². The number of fused-ring (bicyclic) bond motifs is 1. The second-order valence-electron chi connectivity index (χ2n) is 5.25. The Balaban J connectivity index is 2.00. The minimum absolute atomic E-state index is 0.0227. The van der Waals surface area contributed by atoms with Crippen LogP contribution in [0.15, 0.2) is 0 Å². The van der Waals surface area contributed by atoms with Crippen LogP contribution in [0.25, 0.3) is 0 Å². The van der Waals surface area contributed by atoms with Crippen LogP contribution in [0.2, 0.25) is 0 Å². The summed E-state index contributed by atoms with van der Waals surface area (Å²) in [5, 5.41) is 20.5. The van der Waals surface area contributed by atoms with E-state index in [1.807, 2.05) is 0 Å². The van der Waals surface area contributed by atoms with Crippen molar-refractivity contribution in [1.82, 2.24) is 0 Å². The van der Waals surface area contributed by atoms with Gasteiger partial charge in [0.05, 0.1) is 17.4 Å². The molecule has 0 unspecified atom stereocenters. The van der Waals surface area contributed by atoms with Gasteiger partial charge in [0.15, 0.2) is 12.6 Å². The average Bonchev–Trinajstić information content (AvgIpc) is 2.42. The Labute approximate surface area is 109 Å². The molecule has 6 nitrogen and oxygen atoms in total. The molecule has 0 radical (unpaired) electrons. The van der Waals surface area contributed by atoms with Gasteiger partial charge in [-0.25, -0.2) is 0 Å². The van der Waals surface area contributed by atoms with E-state index in [-0.39, 0.29) is 18.7 Å². The summed E-state index contributed by atoms with van der Waals surface area (Å²) in [5.74, 6) is -1.14. The van der Waals surface area contributed by atoms with Gasteiger partial charge in [-0.05, 0) is 0 Å². The number of rotatable bonds is 2. The van der Waals surface area contributed by atoms with Crippen LogP contribution in [0.3, 0.4) is 0 Å². The van der Waals surface area contributed by atoms with E-state index in [1.165, 1.54) is 6.92 Å². The van der Waals surface area contributed by atoms with Crippen molar-refractivity contribution in [3.63, 3.8) is 0 Å². The molecular weight excluding hydrogens is 264 g/mol. The standard InChI is InChI=1S/C11H15ClO6/c1-5(13)16-6-2-10(15)3-7-17-9(14)8(10)11(6,4-12)18-7/h6-9,14-15H,2-4H2,1H3/t6-,7+,8+,9-,10+,11-/m1/s1. The molecule has 3 heterocycles. The van der Waals surface area contributed by atoms with Gasteiger partial charge in [0, 0.05) is 19.8 Å². The fraction of sp³-hybridized carbons (Fsp3) is 0.909. The molecule has 18 heavy (non-hydrogen) atoms. The molecule has 1 saturated carbocycles. The van der Waals surface area contributed by atoms with E-state index < -0.39 is 41.8 Å². The van der Waals surface area contributed by atoms with E-state index in [4.69, 9.17) is 25.8 Å².